The minimum Gasteiger partial charge on any atom is -0.390 e. The van der Waals surface area contributed by atoms with Crippen molar-refractivity contribution in [3.05, 3.63) is 12.2 Å². The average molecular weight is 253 g/mol. The van der Waals surface area contributed by atoms with Gasteiger partial charge in [0.15, 0.2) is 0 Å². The molecule has 1 atom stereocenters. The molecule has 0 bridgehead atoms. The lowest BCUT2D eigenvalue weighted by atomic mass is 9.74. The molecule has 5 nitrogen and oxygen atoms in total. The molecule has 1 aromatic rings. The maximum Gasteiger partial charge on any atom is 0.138 e. The average Bonchev–Trinajstić information content (AvgIpc) is 2.64. The fourth-order valence-electron chi connectivity index (χ4n) is 2.50. The van der Waals surface area contributed by atoms with Crippen molar-refractivity contribution in [3.63, 3.8) is 0 Å². The number of nitrogens with zero attached hydrogens (tertiary/aromatic N) is 3. The van der Waals surface area contributed by atoms with Gasteiger partial charge in [0.25, 0.3) is 0 Å². The van der Waals surface area contributed by atoms with E-state index < -0.39 is 6.10 Å². The number of hydrogen-bond donors (Lipinski definition) is 1. The van der Waals surface area contributed by atoms with E-state index in [4.69, 9.17) is 4.74 Å². The van der Waals surface area contributed by atoms with E-state index in [1.807, 2.05) is 4.68 Å². The lowest BCUT2D eigenvalue weighted by Gasteiger charge is -2.44. The summed E-state index contributed by atoms with van der Waals surface area (Å²) in [4.78, 5) is 4.25. The summed E-state index contributed by atoms with van der Waals surface area (Å²) in [5, 5.41) is 14.6. The van der Waals surface area contributed by atoms with E-state index in [1.54, 1.807) is 13.4 Å². The summed E-state index contributed by atoms with van der Waals surface area (Å²) in [6.45, 7) is 5.12. The van der Waals surface area contributed by atoms with E-state index in [0.717, 1.165) is 31.6 Å². The Kier molecular flexibility index (Phi) is 4.02. The fourth-order valence-corrected chi connectivity index (χ4v) is 2.50. The van der Waals surface area contributed by atoms with Crippen LogP contribution in [0.4, 0.5) is 0 Å². The molecule has 1 unspecified atom stereocenters. The summed E-state index contributed by atoms with van der Waals surface area (Å²) in [7, 11) is 1.68. The van der Waals surface area contributed by atoms with Crippen molar-refractivity contribution in [3.8, 4) is 0 Å². The van der Waals surface area contributed by atoms with Gasteiger partial charge in [-0.25, -0.2) is 9.67 Å². The molecule has 0 spiro atoms. The number of aliphatic hydroxyl groups is 1. The third-order valence-corrected chi connectivity index (χ3v) is 3.82. The molecule has 0 saturated heterocycles. The van der Waals surface area contributed by atoms with Crippen LogP contribution in [-0.2, 0) is 17.7 Å². The Morgan fingerprint density at radius 3 is 2.72 bits per heavy atom. The highest BCUT2D eigenvalue weighted by Crippen LogP contribution is 2.38. The summed E-state index contributed by atoms with van der Waals surface area (Å²) < 4.78 is 7.38. The summed E-state index contributed by atoms with van der Waals surface area (Å²) in [5.74, 6) is 1.36. The van der Waals surface area contributed by atoms with Gasteiger partial charge in [-0.2, -0.15) is 5.10 Å². The number of methoxy groups -OCH3 is 1. The largest absolute Gasteiger partial charge is 0.390 e. The molecule has 1 heterocycles. The van der Waals surface area contributed by atoms with E-state index in [0.29, 0.717) is 12.3 Å². The molecule has 1 saturated carbocycles. The predicted molar refractivity (Wildman–Crippen MR) is 68.2 cm³/mol. The first kappa shape index (κ1) is 13.5. The molecule has 1 aliphatic carbocycles. The van der Waals surface area contributed by atoms with Crippen molar-refractivity contribution in [1.29, 1.82) is 0 Å². The minimum absolute atomic E-state index is 0.353. The molecule has 0 aliphatic heterocycles. The molecule has 18 heavy (non-hydrogen) atoms. The molecule has 2 rings (SSSR count). The molecular weight excluding hydrogens is 230 g/mol. The van der Waals surface area contributed by atoms with E-state index in [-0.39, 0.29) is 5.60 Å². The standard InChI is InChI=1S/C13H23N3O2/c1-10(2)8-16-12(14-9-15-16)7-11(17)13(18-3)5-4-6-13/h9-11,17H,4-8H2,1-3H3. The minimum atomic E-state index is -0.494. The number of aromatic nitrogens is 3. The van der Waals surface area contributed by atoms with Gasteiger partial charge >= 0.3 is 0 Å². The van der Waals surface area contributed by atoms with Gasteiger partial charge in [0.1, 0.15) is 12.2 Å². The number of hydrogen-bond acceptors (Lipinski definition) is 4. The Morgan fingerprint density at radius 1 is 1.50 bits per heavy atom. The monoisotopic (exact) mass is 253 g/mol. The Balaban J connectivity index is 2.02. The SMILES string of the molecule is COC1(C(O)Cc2ncnn2CC(C)C)CCC1. The van der Waals surface area contributed by atoms with Crippen LogP contribution in [0.15, 0.2) is 6.33 Å². The van der Waals surface area contributed by atoms with Gasteiger partial charge in [-0.1, -0.05) is 13.8 Å². The van der Waals surface area contributed by atoms with Crippen LogP contribution in [0.2, 0.25) is 0 Å². The van der Waals surface area contributed by atoms with Crippen molar-refractivity contribution >= 4 is 0 Å². The van der Waals surface area contributed by atoms with Crippen molar-refractivity contribution < 1.29 is 9.84 Å². The third-order valence-electron chi connectivity index (χ3n) is 3.82. The van der Waals surface area contributed by atoms with Gasteiger partial charge < -0.3 is 9.84 Å². The summed E-state index contributed by atoms with van der Waals surface area (Å²) in [5.41, 5.74) is -0.353. The van der Waals surface area contributed by atoms with E-state index in [1.165, 1.54) is 0 Å². The predicted octanol–water partition coefficient (Wildman–Crippen LogP) is 1.41. The third kappa shape index (κ3) is 2.57. The van der Waals surface area contributed by atoms with Crippen LogP contribution in [-0.4, -0.2) is 38.7 Å². The van der Waals surface area contributed by atoms with Crippen LogP contribution in [0, 0.1) is 5.92 Å². The molecule has 1 aromatic heterocycles. The topological polar surface area (TPSA) is 60.2 Å². The highest BCUT2D eigenvalue weighted by molar-refractivity contribution is 5.01. The van der Waals surface area contributed by atoms with Gasteiger partial charge in [-0.05, 0) is 25.2 Å². The smallest absolute Gasteiger partial charge is 0.138 e. The summed E-state index contributed by atoms with van der Waals surface area (Å²) in [6, 6.07) is 0. The molecule has 1 N–H and O–H groups in total. The summed E-state index contributed by atoms with van der Waals surface area (Å²) in [6.07, 6.45) is 4.58. The van der Waals surface area contributed by atoms with Crippen LogP contribution in [0.5, 0.6) is 0 Å². The van der Waals surface area contributed by atoms with Crippen molar-refractivity contribution in [2.24, 2.45) is 5.92 Å². The van der Waals surface area contributed by atoms with Crippen LogP contribution >= 0.6 is 0 Å². The van der Waals surface area contributed by atoms with Gasteiger partial charge in [-0.3, -0.25) is 0 Å². The van der Waals surface area contributed by atoms with Gasteiger partial charge in [-0.15, -0.1) is 0 Å². The summed E-state index contributed by atoms with van der Waals surface area (Å²) >= 11 is 0. The van der Waals surface area contributed by atoms with Crippen LogP contribution < -0.4 is 0 Å². The molecular formula is C13H23N3O2. The van der Waals surface area contributed by atoms with E-state index >= 15 is 0 Å². The van der Waals surface area contributed by atoms with Gasteiger partial charge in [0.05, 0.1) is 11.7 Å². The Bertz CT molecular complexity index is 380. The molecule has 0 radical (unpaired) electrons. The second-order valence-electron chi connectivity index (χ2n) is 5.59. The quantitative estimate of drug-likeness (QED) is 0.832. The number of rotatable bonds is 6. The van der Waals surface area contributed by atoms with Crippen LogP contribution in [0.1, 0.15) is 38.9 Å². The van der Waals surface area contributed by atoms with Crippen molar-refractivity contribution in [1.82, 2.24) is 14.8 Å². The lowest BCUT2D eigenvalue weighted by molar-refractivity contribution is -0.149. The second kappa shape index (κ2) is 5.36. The lowest BCUT2D eigenvalue weighted by Crippen LogP contribution is -2.51. The maximum atomic E-state index is 10.3. The van der Waals surface area contributed by atoms with E-state index in [2.05, 4.69) is 23.9 Å². The van der Waals surface area contributed by atoms with Crippen LogP contribution in [0.3, 0.4) is 0 Å². The highest BCUT2D eigenvalue weighted by Gasteiger charge is 2.44. The molecule has 1 fully saturated rings. The maximum absolute atomic E-state index is 10.3. The number of aliphatic hydroxyl groups excluding tert-OH is 1. The second-order valence-corrected chi connectivity index (χ2v) is 5.59. The van der Waals surface area contributed by atoms with Crippen molar-refractivity contribution in [2.75, 3.05) is 7.11 Å². The number of ether oxygens (including phenoxy) is 1. The first-order valence-corrected chi connectivity index (χ1v) is 6.67. The molecule has 5 heteroatoms. The van der Waals surface area contributed by atoms with Crippen molar-refractivity contribution in [2.45, 2.75) is 57.8 Å². The molecule has 0 amide bonds. The molecule has 102 valence electrons. The fraction of sp³-hybridized carbons (Fsp3) is 0.846. The zero-order valence-corrected chi connectivity index (χ0v) is 11.5. The van der Waals surface area contributed by atoms with Gasteiger partial charge in [0, 0.05) is 20.1 Å². The molecule has 0 aromatic carbocycles. The Morgan fingerprint density at radius 2 is 2.22 bits per heavy atom. The van der Waals surface area contributed by atoms with E-state index in [9.17, 15) is 5.11 Å². The normalized spacial score (nSPS) is 19.8. The molecule has 1 aliphatic rings. The first-order valence-electron chi connectivity index (χ1n) is 6.67. The van der Waals surface area contributed by atoms with Gasteiger partial charge in [0.2, 0.25) is 0 Å². The zero-order valence-electron chi connectivity index (χ0n) is 11.5. The Labute approximate surface area is 108 Å². The van der Waals surface area contributed by atoms with Crippen LogP contribution in [0.25, 0.3) is 0 Å². The highest BCUT2D eigenvalue weighted by atomic mass is 16.5. The zero-order chi connectivity index (χ0) is 13.2. The Hall–Kier alpha value is -0.940. The first-order chi connectivity index (χ1) is 8.57.